The number of pyridine rings is 1. The predicted molar refractivity (Wildman–Crippen MR) is 114 cm³/mol. The van der Waals surface area contributed by atoms with Gasteiger partial charge >= 0.3 is 5.97 Å². The Labute approximate surface area is 187 Å². The summed E-state index contributed by atoms with van der Waals surface area (Å²) in [5.41, 5.74) is 0.354. The highest BCUT2D eigenvalue weighted by Crippen LogP contribution is 2.60. The summed E-state index contributed by atoms with van der Waals surface area (Å²) in [5.74, 6) is -0.554. The molecule has 32 heavy (non-hydrogen) atoms. The molecule has 1 aliphatic carbocycles. The Balaban J connectivity index is 1.29. The molecule has 170 valence electrons. The summed E-state index contributed by atoms with van der Waals surface area (Å²) in [5, 5.41) is 0.976. The molecule has 4 saturated heterocycles. The average Bonchev–Trinajstić information content (AvgIpc) is 3.03. The molecule has 1 saturated carbocycles. The van der Waals surface area contributed by atoms with E-state index in [1.807, 2.05) is 37.3 Å². The van der Waals surface area contributed by atoms with E-state index in [0.717, 1.165) is 36.6 Å². The van der Waals surface area contributed by atoms with Gasteiger partial charge in [0, 0.05) is 23.6 Å². The molecule has 7 heteroatoms. The number of rotatable bonds is 2. The van der Waals surface area contributed by atoms with Crippen molar-refractivity contribution in [1.29, 1.82) is 0 Å². The first-order valence-electron chi connectivity index (χ1n) is 11.7. The van der Waals surface area contributed by atoms with E-state index >= 15 is 0 Å². The number of esters is 1. The largest absolute Gasteiger partial charge is 0.431 e. The molecular weight excluding hydrogens is 410 g/mol. The summed E-state index contributed by atoms with van der Waals surface area (Å²) in [6.07, 6.45) is 2.38. The van der Waals surface area contributed by atoms with E-state index in [2.05, 4.69) is 18.8 Å². The van der Waals surface area contributed by atoms with Crippen molar-refractivity contribution in [2.75, 3.05) is 0 Å². The van der Waals surface area contributed by atoms with Crippen LogP contribution < -0.4 is 0 Å². The van der Waals surface area contributed by atoms with Crippen LogP contribution in [-0.2, 0) is 24.0 Å². The lowest BCUT2D eigenvalue weighted by Gasteiger charge is -2.59. The molecular formula is C25H29NO6. The van der Waals surface area contributed by atoms with Crippen LogP contribution in [-0.4, -0.2) is 34.9 Å². The molecule has 7 nitrogen and oxygen atoms in total. The van der Waals surface area contributed by atoms with Gasteiger partial charge < -0.3 is 14.2 Å². The molecule has 5 aliphatic rings. The molecule has 1 aromatic heterocycles. The fourth-order valence-electron chi connectivity index (χ4n) is 6.35. The monoisotopic (exact) mass is 439 g/mol. The first-order valence-corrected chi connectivity index (χ1v) is 11.7. The van der Waals surface area contributed by atoms with Gasteiger partial charge in [0.25, 0.3) is 0 Å². The van der Waals surface area contributed by atoms with E-state index in [9.17, 15) is 4.79 Å². The Morgan fingerprint density at radius 3 is 2.78 bits per heavy atom. The van der Waals surface area contributed by atoms with Crippen molar-refractivity contribution in [1.82, 2.24) is 4.98 Å². The van der Waals surface area contributed by atoms with Crippen molar-refractivity contribution in [3.05, 3.63) is 42.1 Å². The average molecular weight is 440 g/mol. The maximum absolute atomic E-state index is 13.0. The number of para-hydroxylation sites is 1. The minimum atomic E-state index is -0.855. The van der Waals surface area contributed by atoms with Crippen LogP contribution >= 0.6 is 0 Å². The van der Waals surface area contributed by atoms with Gasteiger partial charge in [0.05, 0.1) is 5.52 Å². The van der Waals surface area contributed by atoms with Gasteiger partial charge in [0.1, 0.15) is 5.69 Å². The summed E-state index contributed by atoms with van der Waals surface area (Å²) in [6, 6.07) is 11.3. The molecule has 7 rings (SSSR count). The standard InChI is InChI=1S/C25H29NO6/c1-14-8-10-18-15(2)22(28-21(27)20-11-9-16-6-4-5-7-19(16)26-20)29-23-25(18)17(14)12-13-24(3,30-23)31-32-25/h4-7,9,11,14-15,17-18,22-23H,8,10,12-13H2,1-3H3/t14-,15-,17+,18+,22+,23-,24+,25-/m1/s1. The third kappa shape index (κ3) is 2.95. The zero-order chi connectivity index (χ0) is 22.1. The highest BCUT2D eigenvalue weighted by atomic mass is 17.3. The molecule has 0 unspecified atom stereocenters. The fourth-order valence-corrected chi connectivity index (χ4v) is 6.35. The normalized spacial score (nSPS) is 42.8. The third-order valence-corrected chi connectivity index (χ3v) is 8.13. The molecule has 5 fully saturated rings. The SMILES string of the molecule is C[C@H]1[C@@H](OC(=O)c2ccc3ccccc3n2)O[C@@H]2O[C@]3(C)CC[C@H]4[C@H](C)CC[C@@H]1[C@@]24OO3. The second-order valence-corrected chi connectivity index (χ2v) is 10.1. The number of nitrogens with zero attached hydrogens (tertiary/aromatic N) is 1. The zero-order valence-corrected chi connectivity index (χ0v) is 18.7. The van der Waals surface area contributed by atoms with Gasteiger partial charge in [-0.15, -0.1) is 0 Å². The molecule has 1 aromatic carbocycles. The third-order valence-electron chi connectivity index (χ3n) is 8.13. The van der Waals surface area contributed by atoms with Gasteiger partial charge in [-0.1, -0.05) is 38.1 Å². The molecule has 8 atom stereocenters. The van der Waals surface area contributed by atoms with E-state index in [1.54, 1.807) is 6.07 Å². The van der Waals surface area contributed by atoms with Crippen LogP contribution in [0.25, 0.3) is 10.9 Å². The van der Waals surface area contributed by atoms with Crippen LogP contribution in [0.4, 0.5) is 0 Å². The quantitative estimate of drug-likeness (QED) is 0.500. The summed E-state index contributed by atoms with van der Waals surface area (Å²) >= 11 is 0. The molecule has 0 amide bonds. The molecule has 0 radical (unpaired) electrons. The number of ether oxygens (including phenoxy) is 3. The maximum Gasteiger partial charge on any atom is 0.359 e. The van der Waals surface area contributed by atoms with Crippen LogP contribution in [0, 0.1) is 23.7 Å². The van der Waals surface area contributed by atoms with Crippen LogP contribution in [0.15, 0.2) is 36.4 Å². The number of carbonyl (C=O) groups is 1. The van der Waals surface area contributed by atoms with E-state index in [1.165, 1.54) is 0 Å². The Hall–Kier alpha value is -2.06. The minimum Gasteiger partial charge on any atom is -0.431 e. The van der Waals surface area contributed by atoms with Crippen LogP contribution in [0.1, 0.15) is 56.9 Å². The number of hydrogen-bond acceptors (Lipinski definition) is 7. The predicted octanol–water partition coefficient (Wildman–Crippen LogP) is 4.60. The molecule has 1 spiro atoms. The Morgan fingerprint density at radius 1 is 1.06 bits per heavy atom. The van der Waals surface area contributed by atoms with Crippen LogP contribution in [0.2, 0.25) is 0 Å². The second-order valence-electron chi connectivity index (χ2n) is 10.1. The van der Waals surface area contributed by atoms with Crippen LogP contribution in [0.5, 0.6) is 0 Å². The molecule has 5 heterocycles. The van der Waals surface area contributed by atoms with E-state index in [0.29, 0.717) is 5.92 Å². The Kier molecular flexibility index (Phi) is 4.63. The lowest BCUT2D eigenvalue weighted by molar-refractivity contribution is -0.576. The van der Waals surface area contributed by atoms with Gasteiger partial charge in [-0.25, -0.2) is 19.6 Å². The van der Waals surface area contributed by atoms with Crippen molar-refractivity contribution < 1.29 is 28.8 Å². The lowest BCUT2D eigenvalue weighted by atomic mass is 9.58. The van der Waals surface area contributed by atoms with Crippen molar-refractivity contribution >= 4 is 16.9 Å². The number of hydrogen-bond donors (Lipinski definition) is 0. The number of aromatic nitrogens is 1. The zero-order valence-electron chi connectivity index (χ0n) is 18.7. The van der Waals surface area contributed by atoms with Gasteiger partial charge in [-0.3, -0.25) is 0 Å². The lowest BCUT2D eigenvalue weighted by Crippen LogP contribution is -2.70. The highest BCUT2D eigenvalue weighted by Gasteiger charge is 2.69. The van der Waals surface area contributed by atoms with Gasteiger partial charge in [-0.2, -0.15) is 0 Å². The summed E-state index contributed by atoms with van der Waals surface area (Å²) < 4.78 is 18.5. The fraction of sp³-hybridized carbons (Fsp3) is 0.600. The van der Waals surface area contributed by atoms with Crippen molar-refractivity contribution in [3.63, 3.8) is 0 Å². The summed E-state index contributed by atoms with van der Waals surface area (Å²) in [4.78, 5) is 29.5. The van der Waals surface area contributed by atoms with Crippen molar-refractivity contribution in [2.24, 2.45) is 23.7 Å². The van der Waals surface area contributed by atoms with Crippen molar-refractivity contribution in [2.45, 2.75) is 70.4 Å². The first-order chi connectivity index (χ1) is 15.4. The second kappa shape index (κ2) is 7.22. The topological polar surface area (TPSA) is 76.1 Å². The van der Waals surface area contributed by atoms with E-state index in [-0.39, 0.29) is 23.4 Å². The Bertz CT molecular complexity index is 1060. The number of carbonyl (C=O) groups excluding carboxylic acids is 1. The number of fused-ring (bicyclic) bond motifs is 3. The summed E-state index contributed by atoms with van der Waals surface area (Å²) in [7, 11) is 0. The highest BCUT2D eigenvalue weighted by molar-refractivity contribution is 5.91. The molecule has 0 N–H and O–H groups in total. The molecule has 2 bridgehead atoms. The first kappa shape index (κ1) is 20.5. The van der Waals surface area contributed by atoms with Gasteiger partial charge in [0.2, 0.25) is 12.1 Å². The molecule has 2 aromatic rings. The number of benzene rings is 1. The van der Waals surface area contributed by atoms with E-state index in [4.69, 9.17) is 24.0 Å². The molecule has 4 aliphatic heterocycles. The van der Waals surface area contributed by atoms with Crippen molar-refractivity contribution in [3.8, 4) is 0 Å². The van der Waals surface area contributed by atoms with Gasteiger partial charge in [0.15, 0.2) is 11.9 Å². The van der Waals surface area contributed by atoms with Gasteiger partial charge in [-0.05, 0) is 50.2 Å². The van der Waals surface area contributed by atoms with Crippen LogP contribution in [0.3, 0.4) is 0 Å². The maximum atomic E-state index is 13.0. The summed E-state index contributed by atoms with van der Waals surface area (Å²) in [6.45, 7) is 6.23. The smallest absolute Gasteiger partial charge is 0.359 e. The van der Waals surface area contributed by atoms with E-state index < -0.39 is 29.9 Å². The Morgan fingerprint density at radius 2 is 1.91 bits per heavy atom. The minimum absolute atomic E-state index is 0.0692.